The third-order valence-corrected chi connectivity index (χ3v) is 5.31. The highest BCUT2D eigenvalue weighted by Crippen LogP contribution is 2.36. The van der Waals surface area contributed by atoms with Crippen LogP contribution in [0, 0.1) is 5.92 Å². The molecule has 0 amide bonds. The second-order valence-electron chi connectivity index (χ2n) is 5.98. The van der Waals surface area contributed by atoms with E-state index in [-0.39, 0.29) is 11.3 Å². The van der Waals surface area contributed by atoms with Gasteiger partial charge in [-0.05, 0) is 24.8 Å². The summed E-state index contributed by atoms with van der Waals surface area (Å²) in [5, 5.41) is 1.26. The van der Waals surface area contributed by atoms with Crippen molar-refractivity contribution < 1.29 is 4.79 Å². The van der Waals surface area contributed by atoms with Gasteiger partial charge in [0.15, 0.2) is 5.78 Å². The van der Waals surface area contributed by atoms with Gasteiger partial charge in [0.2, 0.25) is 0 Å². The topological polar surface area (TPSA) is 65.1 Å². The molecule has 23 heavy (non-hydrogen) atoms. The molecule has 5 heteroatoms. The molecule has 2 aromatic heterocycles. The Morgan fingerprint density at radius 2 is 1.91 bits per heavy atom. The molecule has 1 aromatic carbocycles. The number of nitrogen functional groups attached to an aromatic ring is 1. The van der Waals surface area contributed by atoms with Crippen molar-refractivity contribution in [2.45, 2.75) is 19.4 Å². The second-order valence-corrected chi connectivity index (χ2v) is 7.01. The van der Waals surface area contributed by atoms with Gasteiger partial charge in [-0.2, -0.15) is 0 Å². The highest BCUT2D eigenvalue weighted by molar-refractivity contribution is 7.22. The lowest BCUT2D eigenvalue weighted by atomic mass is 10.0. The number of carbonyl (C=O) groups excluding carboxylic acids is 1. The molecule has 3 aromatic rings. The number of nitrogens with zero attached hydrogens (tertiary/aromatic N) is 1. The monoisotopic (exact) mass is 324 g/mol. The summed E-state index contributed by atoms with van der Waals surface area (Å²) in [5.41, 5.74) is 7.24. The first kappa shape index (κ1) is 14.2. The van der Waals surface area contributed by atoms with Crippen LogP contribution in [0.25, 0.3) is 10.2 Å². The van der Waals surface area contributed by atoms with Crippen molar-refractivity contribution in [2.75, 3.05) is 5.73 Å². The van der Waals surface area contributed by atoms with Crippen molar-refractivity contribution in [3.8, 4) is 0 Å². The lowest BCUT2D eigenvalue weighted by molar-refractivity contribution is 0.104. The number of carbonyl (C=O) groups is 1. The van der Waals surface area contributed by atoms with Crippen molar-refractivity contribution in [3.05, 3.63) is 63.9 Å². The number of aromatic nitrogens is 1. The molecule has 2 N–H and O–H groups in total. The first-order chi connectivity index (χ1) is 11.1. The van der Waals surface area contributed by atoms with Crippen LogP contribution in [0.2, 0.25) is 0 Å². The van der Waals surface area contributed by atoms with Gasteiger partial charge in [-0.25, -0.2) is 0 Å². The Balaban J connectivity index is 1.89. The molecule has 0 spiro atoms. The Hall–Kier alpha value is -2.40. The predicted octanol–water partition coefficient (Wildman–Crippen LogP) is 3.29. The van der Waals surface area contributed by atoms with E-state index in [4.69, 9.17) is 5.73 Å². The summed E-state index contributed by atoms with van der Waals surface area (Å²) in [7, 11) is 0. The maximum absolute atomic E-state index is 12.8. The first-order valence-corrected chi connectivity index (χ1v) is 8.48. The van der Waals surface area contributed by atoms with Crippen LogP contribution in [0.4, 0.5) is 5.00 Å². The summed E-state index contributed by atoms with van der Waals surface area (Å²) in [6, 6.07) is 12.4. The molecular formula is C18H16N2O2S. The van der Waals surface area contributed by atoms with E-state index >= 15 is 0 Å². The average molecular weight is 324 g/mol. The van der Waals surface area contributed by atoms with Gasteiger partial charge in [0.25, 0.3) is 5.56 Å². The number of thiophene rings is 1. The normalized spacial score (nSPS) is 14.3. The van der Waals surface area contributed by atoms with Gasteiger partial charge < -0.3 is 5.73 Å². The summed E-state index contributed by atoms with van der Waals surface area (Å²) in [5.74, 6) is 0.487. The van der Waals surface area contributed by atoms with Gasteiger partial charge in [-0.3, -0.25) is 14.2 Å². The number of rotatable bonds is 4. The fourth-order valence-electron chi connectivity index (χ4n) is 2.85. The van der Waals surface area contributed by atoms with Crippen LogP contribution in [-0.2, 0) is 6.54 Å². The van der Waals surface area contributed by atoms with Crippen molar-refractivity contribution in [1.29, 1.82) is 0 Å². The van der Waals surface area contributed by atoms with E-state index in [0.29, 0.717) is 22.0 Å². The van der Waals surface area contributed by atoms with Crippen LogP contribution >= 0.6 is 11.3 Å². The summed E-state index contributed by atoms with van der Waals surface area (Å²) in [4.78, 5) is 25.8. The van der Waals surface area contributed by atoms with Crippen LogP contribution in [0.1, 0.15) is 28.8 Å². The number of ketones is 1. The Morgan fingerprint density at radius 1 is 1.17 bits per heavy atom. The second kappa shape index (κ2) is 5.35. The van der Waals surface area contributed by atoms with Crippen LogP contribution in [0.5, 0.6) is 0 Å². The van der Waals surface area contributed by atoms with E-state index in [1.54, 1.807) is 28.8 Å². The van der Waals surface area contributed by atoms with E-state index in [0.717, 1.165) is 16.8 Å². The third kappa shape index (κ3) is 2.47. The third-order valence-electron chi connectivity index (χ3n) is 4.26. The van der Waals surface area contributed by atoms with Crippen LogP contribution in [0.15, 0.2) is 47.3 Å². The molecule has 0 aliphatic heterocycles. The maximum atomic E-state index is 12.8. The number of hydrogen-bond acceptors (Lipinski definition) is 4. The number of anilines is 1. The average Bonchev–Trinajstić information content (AvgIpc) is 3.32. The van der Waals surface area contributed by atoms with Gasteiger partial charge in [0.1, 0.15) is 4.83 Å². The lowest BCUT2D eigenvalue weighted by Gasteiger charge is -2.06. The lowest BCUT2D eigenvalue weighted by Crippen LogP contribution is -2.19. The standard InChI is InChI=1S/C18H16N2O2S/c19-17-15(16(22)12-4-2-1-3-5-12)13-8-9-14(21)20(18(13)23-17)10-11-6-7-11/h1-5,8-9,11H,6-7,10,19H2. The summed E-state index contributed by atoms with van der Waals surface area (Å²) < 4.78 is 1.77. The Kier molecular flexibility index (Phi) is 3.31. The number of fused-ring (bicyclic) bond motifs is 1. The molecule has 2 heterocycles. The largest absolute Gasteiger partial charge is 0.390 e. The van der Waals surface area contributed by atoms with Crippen molar-refractivity contribution in [2.24, 2.45) is 5.92 Å². The summed E-state index contributed by atoms with van der Waals surface area (Å²) >= 11 is 1.33. The zero-order chi connectivity index (χ0) is 16.0. The first-order valence-electron chi connectivity index (χ1n) is 7.66. The summed E-state index contributed by atoms with van der Waals surface area (Å²) in [6.07, 6.45) is 2.33. The number of nitrogens with two attached hydrogens (primary N) is 1. The number of pyridine rings is 1. The molecule has 1 aliphatic carbocycles. The predicted molar refractivity (Wildman–Crippen MR) is 93.1 cm³/mol. The maximum Gasteiger partial charge on any atom is 0.251 e. The molecular weight excluding hydrogens is 308 g/mol. The van der Waals surface area contributed by atoms with Crippen molar-refractivity contribution in [3.63, 3.8) is 0 Å². The molecule has 0 saturated heterocycles. The fraction of sp³-hybridized carbons (Fsp3) is 0.222. The van der Waals surface area contributed by atoms with Gasteiger partial charge in [-0.1, -0.05) is 41.7 Å². The zero-order valence-electron chi connectivity index (χ0n) is 12.5. The molecule has 116 valence electrons. The number of hydrogen-bond donors (Lipinski definition) is 1. The fourth-order valence-corrected chi connectivity index (χ4v) is 3.92. The SMILES string of the molecule is Nc1sc2c(ccc(=O)n2CC2CC2)c1C(=O)c1ccccc1. The molecule has 0 atom stereocenters. The molecule has 4 nitrogen and oxygen atoms in total. The zero-order valence-corrected chi connectivity index (χ0v) is 13.3. The van der Waals surface area contributed by atoms with E-state index < -0.39 is 0 Å². The number of benzene rings is 1. The molecule has 1 fully saturated rings. The van der Waals surface area contributed by atoms with E-state index in [9.17, 15) is 9.59 Å². The Morgan fingerprint density at radius 3 is 2.61 bits per heavy atom. The molecule has 4 rings (SSSR count). The molecule has 0 radical (unpaired) electrons. The van der Waals surface area contributed by atoms with Gasteiger partial charge >= 0.3 is 0 Å². The Bertz CT molecular complexity index is 952. The van der Waals surface area contributed by atoms with Crippen LogP contribution < -0.4 is 11.3 Å². The van der Waals surface area contributed by atoms with Crippen LogP contribution in [-0.4, -0.2) is 10.4 Å². The van der Waals surface area contributed by atoms with E-state index in [1.807, 2.05) is 18.2 Å². The highest BCUT2D eigenvalue weighted by Gasteiger charge is 2.25. The summed E-state index contributed by atoms with van der Waals surface area (Å²) in [6.45, 7) is 0.717. The van der Waals surface area contributed by atoms with Crippen LogP contribution in [0.3, 0.4) is 0 Å². The van der Waals surface area contributed by atoms with Gasteiger partial charge in [0, 0.05) is 23.6 Å². The molecule has 0 bridgehead atoms. The van der Waals surface area contributed by atoms with Crippen molar-refractivity contribution in [1.82, 2.24) is 4.57 Å². The quantitative estimate of drug-likeness (QED) is 0.749. The highest BCUT2D eigenvalue weighted by atomic mass is 32.1. The van der Waals surface area contributed by atoms with Gasteiger partial charge in [-0.15, -0.1) is 0 Å². The van der Waals surface area contributed by atoms with E-state index in [1.165, 1.54) is 24.2 Å². The smallest absolute Gasteiger partial charge is 0.251 e. The molecule has 1 saturated carbocycles. The van der Waals surface area contributed by atoms with E-state index in [2.05, 4.69) is 0 Å². The minimum atomic E-state index is -0.0917. The minimum Gasteiger partial charge on any atom is -0.390 e. The minimum absolute atomic E-state index is 0.0237. The Labute approximate surface area is 137 Å². The molecule has 0 unspecified atom stereocenters. The molecule has 1 aliphatic rings. The van der Waals surface area contributed by atoms with Crippen molar-refractivity contribution >= 4 is 32.3 Å². The van der Waals surface area contributed by atoms with Gasteiger partial charge in [0.05, 0.1) is 10.6 Å².